The SMILES string of the molecule is CC1(C)c2cc3cc4ccc5c(-c6c7ccccc7c(-c7ccccc7)c7ccccc67)cccc5c4cc3cc2C(C)(C)C1(C)C. The molecule has 0 heteroatoms. The van der Waals surface area contributed by atoms with Crippen LogP contribution >= 0.6 is 0 Å². The van der Waals surface area contributed by atoms with Crippen molar-refractivity contribution in [1.29, 1.82) is 0 Å². The Bertz CT molecular complexity index is 2520. The van der Waals surface area contributed by atoms with Crippen LogP contribution < -0.4 is 0 Å². The second kappa shape index (κ2) is 9.55. The molecule has 0 aliphatic heterocycles. The van der Waals surface area contributed by atoms with Gasteiger partial charge in [-0.05, 0) is 116 Å². The first-order valence-corrected chi connectivity index (χ1v) is 17.0. The van der Waals surface area contributed by atoms with E-state index in [2.05, 4.69) is 175 Å². The maximum absolute atomic E-state index is 2.51. The Morgan fingerprint density at radius 2 is 0.851 bits per heavy atom. The van der Waals surface area contributed by atoms with Crippen LogP contribution in [-0.2, 0) is 10.8 Å². The molecule has 0 amide bonds. The minimum Gasteiger partial charge on any atom is -0.0622 e. The van der Waals surface area contributed by atoms with Crippen molar-refractivity contribution in [2.45, 2.75) is 52.4 Å². The third-order valence-electron chi connectivity index (χ3n) is 12.7. The highest BCUT2D eigenvalue weighted by molar-refractivity contribution is 6.25. The van der Waals surface area contributed by atoms with Gasteiger partial charge in [0.25, 0.3) is 0 Å². The second-order valence-electron chi connectivity index (χ2n) is 15.4. The lowest BCUT2D eigenvalue weighted by molar-refractivity contribution is 0.125. The van der Waals surface area contributed by atoms with Gasteiger partial charge in [0.15, 0.2) is 0 Å². The molecule has 0 saturated carbocycles. The van der Waals surface area contributed by atoms with Gasteiger partial charge in [0.1, 0.15) is 0 Å². The van der Waals surface area contributed by atoms with Crippen LogP contribution in [-0.4, -0.2) is 0 Å². The van der Waals surface area contributed by atoms with E-state index in [0.717, 1.165) is 0 Å². The lowest BCUT2D eigenvalue weighted by atomic mass is 9.59. The van der Waals surface area contributed by atoms with Crippen molar-refractivity contribution in [3.8, 4) is 22.3 Å². The predicted octanol–water partition coefficient (Wildman–Crippen LogP) is 13.4. The summed E-state index contributed by atoms with van der Waals surface area (Å²) in [6, 6.07) is 50.3. The molecule has 0 spiro atoms. The smallest absolute Gasteiger partial charge is 0.00201 e. The summed E-state index contributed by atoms with van der Waals surface area (Å²) in [7, 11) is 0. The number of hydrogen-bond acceptors (Lipinski definition) is 0. The average Bonchev–Trinajstić information content (AvgIpc) is 3.18. The molecule has 1 aliphatic carbocycles. The van der Waals surface area contributed by atoms with Crippen LogP contribution in [0.15, 0.2) is 133 Å². The molecule has 8 aromatic carbocycles. The van der Waals surface area contributed by atoms with E-state index in [9.17, 15) is 0 Å². The first-order valence-electron chi connectivity index (χ1n) is 17.0. The number of hydrogen-bond donors (Lipinski definition) is 0. The molecular formula is C47H40. The predicted molar refractivity (Wildman–Crippen MR) is 205 cm³/mol. The molecule has 47 heavy (non-hydrogen) atoms. The summed E-state index contributed by atoms with van der Waals surface area (Å²) in [6.07, 6.45) is 0. The second-order valence-corrected chi connectivity index (χ2v) is 15.4. The van der Waals surface area contributed by atoms with Gasteiger partial charge in [-0.15, -0.1) is 0 Å². The monoisotopic (exact) mass is 604 g/mol. The van der Waals surface area contributed by atoms with Gasteiger partial charge in [0.05, 0.1) is 0 Å². The molecule has 0 N–H and O–H groups in total. The van der Waals surface area contributed by atoms with Crippen molar-refractivity contribution >= 4 is 53.9 Å². The Labute approximate surface area is 277 Å². The largest absolute Gasteiger partial charge is 0.0622 e. The molecule has 228 valence electrons. The van der Waals surface area contributed by atoms with Crippen LogP contribution in [0, 0.1) is 5.41 Å². The Kier molecular flexibility index (Phi) is 5.75. The topological polar surface area (TPSA) is 0 Å². The highest BCUT2D eigenvalue weighted by Crippen LogP contribution is 2.62. The van der Waals surface area contributed by atoms with E-state index >= 15 is 0 Å². The van der Waals surface area contributed by atoms with E-state index in [1.54, 1.807) is 0 Å². The minimum atomic E-state index is 0.0783. The van der Waals surface area contributed by atoms with Crippen LogP contribution in [0.1, 0.15) is 52.7 Å². The van der Waals surface area contributed by atoms with E-state index in [0.29, 0.717) is 0 Å². The zero-order chi connectivity index (χ0) is 32.3. The maximum atomic E-state index is 2.51. The van der Waals surface area contributed by atoms with Gasteiger partial charge in [-0.25, -0.2) is 0 Å². The van der Waals surface area contributed by atoms with Gasteiger partial charge in [-0.2, -0.15) is 0 Å². The Balaban J connectivity index is 1.34. The highest BCUT2D eigenvalue weighted by atomic mass is 14.6. The zero-order valence-corrected chi connectivity index (χ0v) is 28.2. The molecule has 0 heterocycles. The van der Waals surface area contributed by atoms with Crippen LogP contribution in [0.3, 0.4) is 0 Å². The fourth-order valence-corrected chi connectivity index (χ4v) is 8.93. The first kappa shape index (κ1) is 28.3. The molecule has 0 aromatic heterocycles. The standard InChI is InChI=1S/C47H40/c1-45(2)41-27-31-25-30-23-24-34-33(40(30)26-32(31)28-42(41)46(3,4)47(45,5)6)21-14-22-35(34)44-38-19-12-10-17-36(38)43(29-15-8-7-9-16-29)37-18-11-13-20-39(37)44/h7-28H,1-6H3. The molecule has 0 fully saturated rings. The minimum absolute atomic E-state index is 0.0783. The van der Waals surface area contributed by atoms with Crippen LogP contribution in [0.4, 0.5) is 0 Å². The first-order chi connectivity index (χ1) is 22.6. The van der Waals surface area contributed by atoms with Gasteiger partial charge < -0.3 is 0 Å². The van der Waals surface area contributed by atoms with Crippen molar-refractivity contribution in [2.75, 3.05) is 0 Å². The quantitative estimate of drug-likeness (QED) is 0.136. The average molecular weight is 605 g/mol. The molecule has 0 atom stereocenters. The Morgan fingerprint density at radius 1 is 0.340 bits per heavy atom. The lowest BCUT2D eigenvalue weighted by Crippen LogP contribution is -2.42. The van der Waals surface area contributed by atoms with Gasteiger partial charge in [-0.3, -0.25) is 0 Å². The molecule has 8 aromatic rings. The van der Waals surface area contributed by atoms with Crippen LogP contribution in [0.2, 0.25) is 0 Å². The van der Waals surface area contributed by atoms with Crippen molar-refractivity contribution < 1.29 is 0 Å². The van der Waals surface area contributed by atoms with Crippen LogP contribution in [0.25, 0.3) is 76.1 Å². The van der Waals surface area contributed by atoms with Crippen molar-refractivity contribution in [3.63, 3.8) is 0 Å². The molecule has 0 saturated heterocycles. The Hall–Kier alpha value is -4.94. The number of rotatable bonds is 2. The third kappa shape index (κ3) is 3.70. The van der Waals surface area contributed by atoms with Crippen molar-refractivity contribution in [2.24, 2.45) is 5.41 Å². The summed E-state index contributed by atoms with van der Waals surface area (Å²) in [5.41, 5.74) is 8.47. The summed E-state index contributed by atoms with van der Waals surface area (Å²) in [4.78, 5) is 0. The fourth-order valence-electron chi connectivity index (χ4n) is 8.93. The van der Waals surface area contributed by atoms with Crippen LogP contribution in [0.5, 0.6) is 0 Å². The summed E-state index contributed by atoms with van der Waals surface area (Å²) in [6.45, 7) is 14.6. The molecule has 0 unspecified atom stereocenters. The number of benzene rings is 8. The lowest BCUT2D eigenvalue weighted by Gasteiger charge is -2.44. The molecule has 9 rings (SSSR count). The fraction of sp³-hybridized carbons (Fsp3) is 0.191. The molecule has 0 radical (unpaired) electrons. The molecule has 1 aliphatic rings. The maximum Gasteiger partial charge on any atom is -0.00201 e. The zero-order valence-electron chi connectivity index (χ0n) is 28.2. The van der Waals surface area contributed by atoms with E-state index in [1.165, 1.54) is 87.2 Å². The number of fused-ring (bicyclic) bond motifs is 7. The normalized spacial score (nSPS) is 16.4. The van der Waals surface area contributed by atoms with Crippen molar-refractivity contribution in [3.05, 3.63) is 145 Å². The van der Waals surface area contributed by atoms with E-state index in [4.69, 9.17) is 0 Å². The molecule has 0 bridgehead atoms. The summed E-state index contributed by atoms with van der Waals surface area (Å²) in [5.74, 6) is 0. The van der Waals surface area contributed by atoms with Gasteiger partial charge >= 0.3 is 0 Å². The van der Waals surface area contributed by atoms with Gasteiger partial charge in [0.2, 0.25) is 0 Å². The Morgan fingerprint density at radius 3 is 1.45 bits per heavy atom. The summed E-state index contributed by atoms with van der Waals surface area (Å²) < 4.78 is 0. The van der Waals surface area contributed by atoms with Gasteiger partial charge in [0, 0.05) is 0 Å². The molecular weight excluding hydrogens is 565 g/mol. The van der Waals surface area contributed by atoms with Crippen molar-refractivity contribution in [1.82, 2.24) is 0 Å². The summed E-state index contributed by atoms with van der Waals surface area (Å²) >= 11 is 0. The van der Waals surface area contributed by atoms with E-state index in [-0.39, 0.29) is 16.2 Å². The summed E-state index contributed by atoms with van der Waals surface area (Å²) in [5, 5.41) is 13.1. The molecule has 0 nitrogen and oxygen atoms in total. The van der Waals surface area contributed by atoms with E-state index < -0.39 is 0 Å². The van der Waals surface area contributed by atoms with Gasteiger partial charge in [-0.1, -0.05) is 163 Å². The third-order valence-corrected chi connectivity index (χ3v) is 12.7. The van der Waals surface area contributed by atoms with E-state index in [1.807, 2.05) is 0 Å². The highest BCUT2D eigenvalue weighted by Gasteiger charge is 2.56.